The molecule has 208 valence electrons. The third kappa shape index (κ3) is 8.24. The fourth-order valence-electron chi connectivity index (χ4n) is 5.44. The number of aryl methyl sites for hydroxylation is 1. The summed E-state index contributed by atoms with van der Waals surface area (Å²) in [6, 6.07) is 11.3. The van der Waals surface area contributed by atoms with E-state index < -0.39 is 17.9 Å². The molecule has 1 amide bonds. The molecule has 38 heavy (non-hydrogen) atoms. The summed E-state index contributed by atoms with van der Waals surface area (Å²) in [6.07, 6.45) is 11.3. The number of carboxylic acid groups (broad SMARTS) is 1. The standard InChI is InChI=1S/C31H44N2O4S/c1-5-24(17-22-12-7-6-8-13-22)32-20-23-18-26(25-14-10-9-11-21(25)2)27(19-29(23)37-3)30(34)33-28(31(35)36)15-16-38-4/h9-11,14,18-19,22,24,28,32H,5-8,12-13,15-17,20H2,1-4H3,(H,33,34)(H,35,36). The van der Waals surface area contributed by atoms with Crippen LogP contribution in [0.15, 0.2) is 36.4 Å². The van der Waals surface area contributed by atoms with E-state index in [9.17, 15) is 14.7 Å². The molecule has 3 N–H and O–H groups in total. The van der Waals surface area contributed by atoms with Gasteiger partial charge in [0.2, 0.25) is 0 Å². The topological polar surface area (TPSA) is 87.7 Å². The molecule has 1 aliphatic carbocycles. The highest BCUT2D eigenvalue weighted by molar-refractivity contribution is 7.98. The fraction of sp³-hybridized carbons (Fsp3) is 0.548. The molecule has 0 heterocycles. The summed E-state index contributed by atoms with van der Waals surface area (Å²) in [5.41, 5.74) is 4.19. The molecular weight excluding hydrogens is 496 g/mol. The van der Waals surface area contributed by atoms with Gasteiger partial charge < -0.3 is 20.5 Å². The first-order valence-corrected chi connectivity index (χ1v) is 15.3. The largest absolute Gasteiger partial charge is 0.496 e. The zero-order valence-corrected chi connectivity index (χ0v) is 24.2. The Hall–Kier alpha value is -2.51. The molecule has 6 nitrogen and oxygen atoms in total. The predicted molar refractivity (Wildman–Crippen MR) is 157 cm³/mol. The Bertz CT molecular complexity index is 1070. The number of rotatable bonds is 14. The summed E-state index contributed by atoms with van der Waals surface area (Å²) in [4.78, 5) is 25.3. The van der Waals surface area contributed by atoms with Gasteiger partial charge in [0.05, 0.1) is 12.7 Å². The Morgan fingerprint density at radius 3 is 2.50 bits per heavy atom. The number of carbonyl (C=O) groups excluding carboxylic acids is 1. The summed E-state index contributed by atoms with van der Waals surface area (Å²) in [5, 5.41) is 16.2. The van der Waals surface area contributed by atoms with Crippen molar-refractivity contribution < 1.29 is 19.4 Å². The summed E-state index contributed by atoms with van der Waals surface area (Å²) in [6.45, 7) is 4.90. The first kappa shape index (κ1) is 30.0. The van der Waals surface area contributed by atoms with Crippen LogP contribution in [-0.2, 0) is 11.3 Å². The van der Waals surface area contributed by atoms with E-state index in [-0.39, 0.29) is 0 Å². The second-order valence-electron chi connectivity index (χ2n) is 10.4. The number of nitrogens with one attached hydrogen (secondary N) is 2. The first-order valence-electron chi connectivity index (χ1n) is 13.9. The Labute approximate surface area is 232 Å². The number of carbonyl (C=O) groups is 2. The van der Waals surface area contributed by atoms with Crippen molar-refractivity contribution in [3.63, 3.8) is 0 Å². The summed E-state index contributed by atoms with van der Waals surface area (Å²) >= 11 is 1.56. The molecular formula is C31H44N2O4S. The Balaban J connectivity index is 1.91. The Kier molecular flexibility index (Phi) is 12.0. The van der Waals surface area contributed by atoms with Crippen LogP contribution in [0.25, 0.3) is 11.1 Å². The van der Waals surface area contributed by atoms with Crippen molar-refractivity contribution in [3.8, 4) is 16.9 Å². The van der Waals surface area contributed by atoms with E-state index in [0.717, 1.165) is 34.6 Å². The molecule has 2 aromatic rings. The predicted octanol–water partition coefficient (Wildman–Crippen LogP) is 6.45. The number of ether oxygens (including phenoxy) is 1. The van der Waals surface area contributed by atoms with Crippen LogP contribution in [0.1, 0.15) is 79.8 Å². The van der Waals surface area contributed by atoms with Crippen molar-refractivity contribution in [1.29, 1.82) is 0 Å². The summed E-state index contributed by atoms with van der Waals surface area (Å²) < 4.78 is 5.75. The summed E-state index contributed by atoms with van der Waals surface area (Å²) in [5.74, 6) is 0.642. The molecule has 1 fully saturated rings. The van der Waals surface area contributed by atoms with E-state index >= 15 is 0 Å². The number of hydrogen-bond donors (Lipinski definition) is 3. The van der Waals surface area contributed by atoms with Gasteiger partial charge >= 0.3 is 5.97 Å². The van der Waals surface area contributed by atoms with E-state index in [4.69, 9.17) is 4.74 Å². The van der Waals surface area contributed by atoms with Gasteiger partial charge in [0.15, 0.2) is 0 Å². The van der Waals surface area contributed by atoms with E-state index in [0.29, 0.717) is 36.1 Å². The molecule has 2 atom stereocenters. The minimum Gasteiger partial charge on any atom is -0.496 e. The minimum absolute atomic E-state index is 0.362. The Morgan fingerprint density at radius 1 is 1.13 bits per heavy atom. The van der Waals surface area contributed by atoms with Gasteiger partial charge in [0, 0.05) is 18.2 Å². The quantitative estimate of drug-likeness (QED) is 0.255. The maximum absolute atomic E-state index is 13.5. The SMILES string of the molecule is CCC(CC1CCCCC1)NCc1cc(-c2ccccc2C)c(C(=O)NC(CCSC)C(=O)O)cc1OC. The first-order chi connectivity index (χ1) is 18.4. The average Bonchev–Trinajstić information content (AvgIpc) is 2.93. The van der Waals surface area contributed by atoms with Gasteiger partial charge in [0.25, 0.3) is 5.91 Å². The molecule has 0 radical (unpaired) electrons. The van der Waals surface area contributed by atoms with E-state index in [1.165, 1.54) is 38.5 Å². The van der Waals surface area contributed by atoms with Crippen LogP contribution in [-0.4, -0.2) is 48.2 Å². The van der Waals surface area contributed by atoms with Crippen LogP contribution in [0, 0.1) is 12.8 Å². The number of benzene rings is 2. The molecule has 0 spiro atoms. The normalized spacial score (nSPS) is 15.6. The summed E-state index contributed by atoms with van der Waals surface area (Å²) in [7, 11) is 1.62. The molecule has 1 aliphatic rings. The van der Waals surface area contributed by atoms with Crippen LogP contribution in [0.2, 0.25) is 0 Å². The van der Waals surface area contributed by atoms with E-state index in [1.807, 2.05) is 43.5 Å². The lowest BCUT2D eigenvalue weighted by Gasteiger charge is -2.27. The van der Waals surface area contributed by atoms with Crippen molar-refractivity contribution in [2.24, 2.45) is 5.92 Å². The third-order valence-corrected chi connectivity index (χ3v) is 8.38. The van der Waals surface area contributed by atoms with Gasteiger partial charge in [0.1, 0.15) is 11.8 Å². The van der Waals surface area contributed by atoms with Crippen LogP contribution in [0.5, 0.6) is 5.75 Å². The van der Waals surface area contributed by atoms with Gasteiger partial charge in [-0.15, -0.1) is 0 Å². The smallest absolute Gasteiger partial charge is 0.326 e. The highest BCUT2D eigenvalue weighted by atomic mass is 32.2. The maximum atomic E-state index is 13.5. The molecule has 0 bridgehead atoms. The lowest BCUT2D eigenvalue weighted by molar-refractivity contribution is -0.139. The zero-order chi connectivity index (χ0) is 27.5. The van der Waals surface area contributed by atoms with E-state index in [2.05, 4.69) is 17.6 Å². The van der Waals surface area contributed by atoms with Crippen LogP contribution >= 0.6 is 11.8 Å². The second-order valence-corrected chi connectivity index (χ2v) is 11.4. The van der Waals surface area contributed by atoms with Crippen molar-refractivity contribution in [2.75, 3.05) is 19.1 Å². The number of aliphatic carboxylic acids is 1. The number of carboxylic acids is 1. The molecule has 0 aliphatic heterocycles. The van der Waals surface area contributed by atoms with Crippen molar-refractivity contribution in [3.05, 3.63) is 53.1 Å². The molecule has 2 aromatic carbocycles. The van der Waals surface area contributed by atoms with Crippen LogP contribution in [0.4, 0.5) is 0 Å². The number of methoxy groups -OCH3 is 1. The van der Waals surface area contributed by atoms with Gasteiger partial charge in [-0.2, -0.15) is 11.8 Å². The molecule has 3 rings (SSSR count). The van der Waals surface area contributed by atoms with Crippen molar-refractivity contribution in [1.82, 2.24) is 10.6 Å². The Morgan fingerprint density at radius 2 is 1.87 bits per heavy atom. The van der Waals surface area contributed by atoms with Crippen molar-refractivity contribution in [2.45, 2.75) is 83.8 Å². The number of amides is 1. The fourth-order valence-corrected chi connectivity index (χ4v) is 5.91. The average molecular weight is 541 g/mol. The van der Waals surface area contributed by atoms with Crippen molar-refractivity contribution >= 4 is 23.6 Å². The molecule has 2 unspecified atom stereocenters. The number of hydrogen-bond acceptors (Lipinski definition) is 5. The minimum atomic E-state index is -1.03. The molecule has 1 saturated carbocycles. The maximum Gasteiger partial charge on any atom is 0.326 e. The number of thioether (sulfide) groups is 1. The lowest BCUT2D eigenvalue weighted by Crippen LogP contribution is -2.41. The van der Waals surface area contributed by atoms with Gasteiger partial charge in [-0.3, -0.25) is 4.79 Å². The molecule has 0 saturated heterocycles. The molecule has 7 heteroatoms. The third-order valence-electron chi connectivity index (χ3n) is 7.73. The van der Waals surface area contributed by atoms with Gasteiger partial charge in [-0.25, -0.2) is 4.79 Å². The van der Waals surface area contributed by atoms with Crippen LogP contribution in [0.3, 0.4) is 0 Å². The lowest BCUT2D eigenvalue weighted by atomic mass is 9.84. The van der Waals surface area contributed by atoms with Gasteiger partial charge in [-0.05, 0) is 72.9 Å². The molecule has 0 aromatic heterocycles. The monoisotopic (exact) mass is 540 g/mol. The second kappa shape index (κ2) is 15.2. The zero-order valence-electron chi connectivity index (χ0n) is 23.3. The van der Waals surface area contributed by atoms with E-state index in [1.54, 1.807) is 24.9 Å². The highest BCUT2D eigenvalue weighted by Gasteiger charge is 2.25. The highest BCUT2D eigenvalue weighted by Crippen LogP contribution is 2.34. The van der Waals surface area contributed by atoms with Gasteiger partial charge in [-0.1, -0.05) is 63.3 Å². The van der Waals surface area contributed by atoms with Crippen LogP contribution < -0.4 is 15.4 Å².